The topological polar surface area (TPSA) is 20.3 Å². The molecular formula is C13H25NO. The molecule has 2 atom stereocenters. The van der Waals surface area contributed by atoms with Crippen LogP contribution in [0, 0.1) is 11.8 Å². The number of carbonyl (C=O) groups is 1. The molecule has 2 aliphatic rings. The molecule has 0 aromatic rings. The molecule has 2 heteroatoms. The van der Waals surface area contributed by atoms with Gasteiger partial charge >= 0.3 is 0 Å². The van der Waals surface area contributed by atoms with E-state index in [1.54, 1.807) is 0 Å². The molecule has 1 aliphatic carbocycles. The van der Waals surface area contributed by atoms with E-state index in [9.17, 15) is 4.79 Å². The van der Waals surface area contributed by atoms with Gasteiger partial charge in [0, 0.05) is 18.5 Å². The number of amides is 1. The maximum Gasteiger partial charge on any atom is 0.225 e. The fourth-order valence-corrected chi connectivity index (χ4v) is 2.47. The molecule has 0 spiro atoms. The summed E-state index contributed by atoms with van der Waals surface area (Å²) >= 11 is 0. The molecule has 88 valence electrons. The smallest absolute Gasteiger partial charge is 0.225 e. The number of hydrogen-bond donors (Lipinski definition) is 0. The molecule has 0 radical (unpaired) electrons. The second-order valence-corrected chi connectivity index (χ2v) is 4.55. The lowest BCUT2D eigenvalue weighted by molar-refractivity contribution is -0.133. The van der Waals surface area contributed by atoms with Crippen molar-refractivity contribution in [1.82, 2.24) is 4.90 Å². The maximum absolute atomic E-state index is 11.8. The molecule has 2 rings (SSSR count). The summed E-state index contributed by atoms with van der Waals surface area (Å²) in [6.07, 6.45) is 4.61. The monoisotopic (exact) mass is 211 g/mol. The minimum Gasteiger partial charge on any atom is -0.339 e. The first-order valence-electron chi connectivity index (χ1n) is 6.54. The zero-order valence-electron chi connectivity index (χ0n) is 10.6. The predicted octanol–water partition coefficient (Wildman–Crippen LogP) is 3.07. The average Bonchev–Trinajstić information content (AvgIpc) is 3.04. The van der Waals surface area contributed by atoms with Crippen LogP contribution in [0.5, 0.6) is 0 Å². The lowest BCUT2D eigenvalue weighted by Crippen LogP contribution is -2.37. The molecule has 1 saturated carbocycles. The first-order valence-corrected chi connectivity index (χ1v) is 6.54. The van der Waals surface area contributed by atoms with Crippen molar-refractivity contribution in [3.63, 3.8) is 0 Å². The van der Waals surface area contributed by atoms with Crippen molar-refractivity contribution >= 4 is 5.91 Å². The summed E-state index contributed by atoms with van der Waals surface area (Å²) in [5.41, 5.74) is 0. The molecule has 1 aliphatic heterocycles. The van der Waals surface area contributed by atoms with Crippen LogP contribution in [-0.2, 0) is 4.79 Å². The normalized spacial score (nSPS) is 29.7. The lowest BCUT2D eigenvalue weighted by atomic mass is 10.0. The Morgan fingerprint density at radius 1 is 1.27 bits per heavy atom. The van der Waals surface area contributed by atoms with Gasteiger partial charge in [0.1, 0.15) is 0 Å². The van der Waals surface area contributed by atoms with E-state index < -0.39 is 0 Å². The Bertz CT molecular complexity index is 211. The van der Waals surface area contributed by atoms with Gasteiger partial charge in [-0.1, -0.05) is 27.7 Å². The van der Waals surface area contributed by atoms with Gasteiger partial charge in [0.2, 0.25) is 5.91 Å². The Kier molecular flexibility index (Phi) is 4.62. The molecule has 0 bridgehead atoms. The molecular weight excluding hydrogens is 186 g/mol. The second kappa shape index (κ2) is 5.53. The quantitative estimate of drug-likeness (QED) is 0.687. The van der Waals surface area contributed by atoms with Gasteiger partial charge in [-0.25, -0.2) is 0 Å². The first-order chi connectivity index (χ1) is 7.24. The summed E-state index contributed by atoms with van der Waals surface area (Å²) in [7, 11) is 0. The molecule has 0 aromatic heterocycles. The minimum absolute atomic E-state index is 0.402. The third-order valence-corrected chi connectivity index (χ3v) is 3.51. The highest BCUT2D eigenvalue weighted by Gasteiger charge is 2.39. The van der Waals surface area contributed by atoms with E-state index in [-0.39, 0.29) is 0 Å². The van der Waals surface area contributed by atoms with Crippen LogP contribution in [-0.4, -0.2) is 23.4 Å². The van der Waals surface area contributed by atoms with Crippen molar-refractivity contribution in [3.05, 3.63) is 0 Å². The summed E-state index contributed by atoms with van der Waals surface area (Å²) in [6, 6.07) is 0.535. The van der Waals surface area contributed by atoms with E-state index in [1.165, 1.54) is 6.42 Å². The van der Waals surface area contributed by atoms with Gasteiger partial charge in [0.25, 0.3) is 0 Å². The average molecular weight is 211 g/mol. The van der Waals surface area contributed by atoms with Gasteiger partial charge < -0.3 is 4.90 Å². The van der Waals surface area contributed by atoms with Crippen molar-refractivity contribution in [1.29, 1.82) is 0 Å². The maximum atomic E-state index is 11.8. The fraction of sp³-hybridized carbons (Fsp3) is 0.923. The van der Waals surface area contributed by atoms with Crippen molar-refractivity contribution < 1.29 is 4.79 Å². The Morgan fingerprint density at radius 3 is 2.33 bits per heavy atom. The number of nitrogens with zero attached hydrogens (tertiary/aromatic N) is 1. The SMILES string of the molecule is CC.CCC1C(C)CCN1C(=O)C1CC1. The Morgan fingerprint density at radius 2 is 1.87 bits per heavy atom. The minimum atomic E-state index is 0.402. The Hall–Kier alpha value is -0.530. The highest BCUT2D eigenvalue weighted by molar-refractivity contribution is 5.81. The largest absolute Gasteiger partial charge is 0.339 e. The third-order valence-electron chi connectivity index (χ3n) is 3.51. The third kappa shape index (κ3) is 2.73. The van der Waals surface area contributed by atoms with E-state index in [2.05, 4.69) is 18.7 Å². The van der Waals surface area contributed by atoms with Crippen LogP contribution < -0.4 is 0 Å². The van der Waals surface area contributed by atoms with E-state index in [0.29, 0.717) is 23.8 Å². The molecule has 1 heterocycles. The van der Waals surface area contributed by atoms with Crippen LogP contribution in [0.4, 0.5) is 0 Å². The van der Waals surface area contributed by atoms with Crippen molar-refractivity contribution in [2.45, 2.75) is 59.4 Å². The fourth-order valence-electron chi connectivity index (χ4n) is 2.47. The zero-order valence-corrected chi connectivity index (χ0v) is 10.6. The van der Waals surface area contributed by atoms with Crippen LogP contribution in [0.25, 0.3) is 0 Å². The van der Waals surface area contributed by atoms with Crippen molar-refractivity contribution in [2.75, 3.05) is 6.54 Å². The number of rotatable bonds is 2. The van der Waals surface area contributed by atoms with Crippen LogP contribution >= 0.6 is 0 Å². The summed E-state index contributed by atoms with van der Waals surface area (Å²) in [6.45, 7) is 9.48. The van der Waals surface area contributed by atoms with Gasteiger partial charge in [-0.2, -0.15) is 0 Å². The predicted molar refractivity (Wildman–Crippen MR) is 63.6 cm³/mol. The van der Waals surface area contributed by atoms with Crippen LogP contribution in [0.1, 0.15) is 53.4 Å². The molecule has 1 amide bonds. The van der Waals surface area contributed by atoms with E-state index in [0.717, 1.165) is 25.8 Å². The summed E-state index contributed by atoms with van der Waals surface area (Å²) in [5, 5.41) is 0. The van der Waals surface area contributed by atoms with Gasteiger partial charge in [-0.05, 0) is 31.6 Å². The molecule has 0 aromatic carbocycles. The van der Waals surface area contributed by atoms with Gasteiger partial charge in [0.15, 0.2) is 0 Å². The molecule has 0 N–H and O–H groups in total. The molecule has 15 heavy (non-hydrogen) atoms. The van der Waals surface area contributed by atoms with Gasteiger partial charge in [0.05, 0.1) is 0 Å². The van der Waals surface area contributed by atoms with E-state index in [1.807, 2.05) is 13.8 Å². The second-order valence-electron chi connectivity index (χ2n) is 4.55. The summed E-state index contributed by atoms with van der Waals surface area (Å²) in [5.74, 6) is 1.56. The Balaban J connectivity index is 0.000000531. The van der Waals surface area contributed by atoms with Crippen LogP contribution in [0.3, 0.4) is 0 Å². The molecule has 2 nitrogen and oxygen atoms in total. The Labute approximate surface area is 94.0 Å². The zero-order chi connectivity index (χ0) is 11.4. The number of likely N-dealkylation sites (tertiary alicyclic amines) is 1. The van der Waals surface area contributed by atoms with Crippen molar-refractivity contribution in [2.24, 2.45) is 11.8 Å². The summed E-state index contributed by atoms with van der Waals surface area (Å²) in [4.78, 5) is 14.0. The molecule has 1 saturated heterocycles. The highest BCUT2D eigenvalue weighted by atomic mass is 16.2. The van der Waals surface area contributed by atoms with E-state index >= 15 is 0 Å². The van der Waals surface area contributed by atoms with Gasteiger partial charge in [-0.3, -0.25) is 4.79 Å². The molecule has 2 fully saturated rings. The summed E-state index contributed by atoms with van der Waals surface area (Å²) < 4.78 is 0. The lowest BCUT2D eigenvalue weighted by Gasteiger charge is -2.25. The number of hydrogen-bond acceptors (Lipinski definition) is 1. The standard InChI is InChI=1S/C11H19NO.C2H6/c1-3-10-8(2)6-7-12(10)11(13)9-4-5-9;1-2/h8-10H,3-7H2,1-2H3;1-2H3. The van der Waals surface area contributed by atoms with E-state index in [4.69, 9.17) is 0 Å². The number of carbonyl (C=O) groups excluding carboxylic acids is 1. The molecule has 2 unspecified atom stereocenters. The van der Waals surface area contributed by atoms with Gasteiger partial charge in [-0.15, -0.1) is 0 Å². The van der Waals surface area contributed by atoms with Crippen LogP contribution in [0.15, 0.2) is 0 Å². The van der Waals surface area contributed by atoms with Crippen LogP contribution in [0.2, 0.25) is 0 Å². The first kappa shape index (κ1) is 12.5. The highest BCUT2D eigenvalue weighted by Crippen LogP contribution is 2.35. The van der Waals surface area contributed by atoms with Crippen molar-refractivity contribution in [3.8, 4) is 0 Å².